The molecule has 1 amide bonds. The Balaban J connectivity index is 1.38. The fourth-order valence-electron chi connectivity index (χ4n) is 4.43. The molecule has 0 saturated heterocycles. The standard InChI is InChI=1S/C26H24Cl2N4OS/c1-17-7-9-18(10-8-17)4-3-12-31-13-11-22-20(16-31)24-21(27)5-2-6-23(24)32(22)26(33)30-15-19-14-29-25(28)34-19/h2-10,14H,11-13,15-16H2,1H3,(H,30,33)/b4-3+. The van der Waals surface area contributed by atoms with Crippen LogP contribution in [0.2, 0.25) is 9.49 Å². The lowest BCUT2D eigenvalue weighted by Crippen LogP contribution is -2.34. The van der Waals surface area contributed by atoms with Gasteiger partial charge in [0.15, 0.2) is 4.47 Å². The van der Waals surface area contributed by atoms with Crippen LogP contribution >= 0.6 is 34.5 Å². The zero-order chi connectivity index (χ0) is 23.7. The number of carbonyl (C=O) groups is 1. The van der Waals surface area contributed by atoms with Crippen LogP contribution in [-0.2, 0) is 19.5 Å². The Morgan fingerprint density at radius 3 is 2.79 bits per heavy atom. The summed E-state index contributed by atoms with van der Waals surface area (Å²) in [6.45, 7) is 4.93. The van der Waals surface area contributed by atoms with Crippen molar-refractivity contribution in [1.82, 2.24) is 19.8 Å². The predicted octanol–water partition coefficient (Wildman–Crippen LogP) is 6.54. The van der Waals surface area contributed by atoms with Crippen molar-refractivity contribution in [1.29, 1.82) is 0 Å². The third-order valence-electron chi connectivity index (χ3n) is 6.09. The monoisotopic (exact) mass is 510 g/mol. The molecule has 0 spiro atoms. The van der Waals surface area contributed by atoms with E-state index in [-0.39, 0.29) is 6.03 Å². The third-order valence-corrected chi connectivity index (χ3v) is 7.52. The van der Waals surface area contributed by atoms with Crippen LogP contribution in [-0.4, -0.2) is 33.6 Å². The van der Waals surface area contributed by atoms with Crippen molar-refractivity contribution in [2.45, 2.75) is 26.4 Å². The highest BCUT2D eigenvalue weighted by atomic mass is 35.5. The topological polar surface area (TPSA) is 50.2 Å². The van der Waals surface area contributed by atoms with E-state index >= 15 is 0 Å². The lowest BCUT2D eigenvalue weighted by Gasteiger charge is -2.27. The normalized spacial score (nSPS) is 14.1. The van der Waals surface area contributed by atoms with Gasteiger partial charge < -0.3 is 5.32 Å². The molecule has 1 aliphatic heterocycles. The second-order valence-electron chi connectivity index (χ2n) is 8.43. The van der Waals surface area contributed by atoms with Crippen molar-refractivity contribution in [3.05, 3.63) is 91.5 Å². The summed E-state index contributed by atoms with van der Waals surface area (Å²) in [6, 6.07) is 14.1. The molecule has 4 aromatic rings. The number of aromatic nitrogens is 2. The molecule has 1 N–H and O–H groups in total. The molecule has 0 aliphatic carbocycles. The van der Waals surface area contributed by atoms with E-state index < -0.39 is 0 Å². The molecule has 0 saturated carbocycles. The lowest BCUT2D eigenvalue weighted by molar-refractivity contribution is 0.240. The molecule has 34 heavy (non-hydrogen) atoms. The summed E-state index contributed by atoms with van der Waals surface area (Å²) in [5, 5.41) is 4.65. The molecule has 2 aromatic carbocycles. The number of nitrogens with one attached hydrogen (secondary N) is 1. The van der Waals surface area contributed by atoms with Gasteiger partial charge >= 0.3 is 6.03 Å². The van der Waals surface area contributed by atoms with Gasteiger partial charge in [0.1, 0.15) is 0 Å². The molecule has 3 heterocycles. The fourth-order valence-corrected chi connectivity index (χ4v) is 5.63. The zero-order valence-corrected chi connectivity index (χ0v) is 21.1. The van der Waals surface area contributed by atoms with Crippen LogP contribution < -0.4 is 5.32 Å². The van der Waals surface area contributed by atoms with Gasteiger partial charge in [0.25, 0.3) is 0 Å². The predicted molar refractivity (Wildman–Crippen MR) is 141 cm³/mol. The van der Waals surface area contributed by atoms with E-state index in [1.807, 2.05) is 18.2 Å². The molecule has 0 radical (unpaired) electrons. The van der Waals surface area contributed by atoms with Gasteiger partial charge in [0.05, 0.1) is 17.1 Å². The molecule has 5 nitrogen and oxygen atoms in total. The Hall–Kier alpha value is -2.64. The van der Waals surface area contributed by atoms with E-state index in [1.165, 1.54) is 22.5 Å². The van der Waals surface area contributed by atoms with Gasteiger partial charge in [-0.15, -0.1) is 11.3 Å². The number of halogens is 2. The van der Waals surface area contributed by atoms with Crippen molar-refractivity contribution < 1.29 is 4.79 Å². The van der Waals surface area contributed by atoms with Crippen LogP contribution in [0.4, 0.5) is 4.79 Å². The minimum absolute atomic E-state index is 0.161. The van der Waals surface area contributed by atoms with E-state index in [2.05, 4.69) is 58.5 Å². The van der Waals surface area contributed by atoms with Gasteiger partial charge in [-0.1, -0.05) is 71.2 Å². The number of hydrogen-bond donors (Lipinski definition) is 1. The molecule has 0 fully saturated rings. The number of thiazole rings is 1. The number of carbonyl (C=O) groups excluding carboxylic acids is 1. The molecule has 0 unspecified atom stereocenters. The Labute approximate surface area is 212 Å². The Kier molecular flexibility index (Phi) is 6.75. The van der Waals surface area contributed by atoms with E-state index in [0.717, 1.165) is 53.1 Å². The number of amides is 1. The number of hydrogen-bond acceptors (Lipinski definition) is 4. The first-order valence-electron chi connectivity index (χ1n) is 11.1. The van der Waals surface area contributed by atoms with Gasteiger partial charge in [-0.05, 0) is 30.2 Å². The maximum absolute atomic E-state index is 13.3. The quantitative estimate of drug-likeness (QED) is 0.331. The van der Waals surface area contributed by atoms with Gasteiger partial charge in [-0.3, -0.25) is 9.47 Å². The summed E-state index contributed by atoms with van der Waals surface area (Å²) >= 11 is 13.9. The minimum atomic E-state index is -0.161. The molecular formula is C26H24Cl2N4OS. The molecule has 5 rings (SSSR count). The second kappa shape index (κ2) is 9.92. The molecule has 2 aromatic heterocycles. The van der Waals surface area contributed by atoms with Crippen LogP contribution in [0.15, 0.2) is 54.7 Å². The zero-order valence-electron chi connectivity index (χ0n) is 18.7. The third kappa shape index (κ3) is 4.77. The summed E-state index contributed by atoms with van der Waals surface area (Å²) in [7, 11) is 0. The van der Waals surface area contributed by atoms with Crippen molar-refractivity contribution in [2.75, 3.05) is 13.1 Å². The van der Waals surface area contributed by atoms with Crippen molar-refractivity contribution in [3.8, 4) is 0 Å². The maximum Gasteiger partial charge on any atom is 0.326 e. The first-order valence-corrected chi connectivity index (χ1v) is 12.7. The second-order valence-corrected chi connectivity index (χ2v) is 10.5. The van der Waals surface area contributed by atoms with Crippen LogP contribution in [0.1, 0.15) is 27.3 Å². The van der Waals surface area contributed by atoms with Crippen LogP contribution in [0, 0.1) is 6.92 Å². The van der Waals surface area contributed by atoms with Gasteiger partial charge in [-0.25, -0.2) is 9.78 Å². The number of benzene rings is 2. The largest absolute Gasteiger partial charge is 0.332 e. The summed E-state index contributed by atoms with van der Waals surface area (Å²) < 4.78 is 2.26. The van der Waals surface area contributed by atoms with Gasteiger partial charge in [-0.2, -0.15) is 0 Å². The molecule has 0 bridgehead atoms. The lowest BCUT2D eigenvalue weighted by atomic mass is 10.0. The van der Waals surface area contributed by atoms with Gasteiger partial charge in [0.2, 0.25) is 0 Å². The van der Waals surface area contributed by atoms with E-state index in [9.17, 15) is 4.79 Å². The van der Waals surface area contributed by atoms with Crippen molar-refractivity contribution in [2.24, 2.45) is 0 Å². The van der Waals surface area contributed by atoms with Crippen molar-refractivity contribution in [3.63, 3.8) is 0 Å². The molecule has 0 atom stereocenters. The minimum Gasteiger partial charge on any atom is -0.332 e. The van der Waals surface area contributed by atoms with Crippen molar-refractivity contribution >= 4 is 57.5 Å². The first-order chi connectivity index (χ1) is 16.5. The number of nitrogens with zero attached hydrogens (tertiary/aromatic N) is 3. The van der Waals surface area contributed by atoms with Gasteiger partial charge in [0, 0.05) is 48.2 Å². The summed E-state index contributed by atoms with van der Waals surface area (Å²) in [6.07, 6.45) is 6.82. The maximum atomic E-state index is 13.3. The fraction of sp³-hybridized carbons (Fsp3) is 0.231. The molecule has 8 heteroatoms. The Bertz CT molecular complexity index is 1370. The molecule has 174 valence electrons. The number of rotatable bonds is 5. The average Bonchev–Trinajstić information content (AvgIpc) is 3.40. The molecule has 1 aliphatic rings. The van der Waals surface area contributed by atoms with E-state index in [0.29, 0.717) is 16.0 Å². The number of aryl methyl sites for hydroxylation is 1. The van der Waals surface area contributed by atoms with E-state index in [4.69, 9.17) is 23.2 Å². The van der Waals surface area contributed by atoms with E-state index in [1.54, 1.807) is 10.8 Å². The number of fused-ring (bicyclic) bond motifs is 3. The summed E-state index contributed by atoms with van der Waals surface area (Å²) in [5.74, 6) is 0. The first kappa shape index (κ1) is 23.1. The molecular weight excluding hydrogens is 487 g/mol. The summed E-state index contributed by atoms with van der Waals surface area (Å²) in [4.78, 5) is 20.6. The highest BCUT2D eigenvalue weighted by molar-refractivity contribution is 7.15. The Morgan fingerprint density at radius 1 is 1.21 bits per heavy atom. The Morgan fingerprint density at radius 2 is 2.03 bits per heavy atom. The van der Waals surface area contributed by atoms with Crippen LogP contribution in [0.3, 0.4) is 0 Å². The average molecular weight is 511 g/mol. The summed E-state index contributed by atoms with van der Waals surface area (Å²) in [5.41, 5.74) is 5.46. The smallest absolute Gasteiger partial charge is 0.326 e. The highest BCUT2D eigenvalue weighted by Crippen LogP contribution is 2.35. The highest BCUT2D eigenvalue weighted by Gasteiger charge is 2.27. The SMILES string of the molecule is Cc1ccc(/C=C/CN2CCc3c(c4c(Cl)cccc4n3C(=O)NCc3cnc(Cl)s3)C2)cc1. The van der Waals surface area contributed by atoms with Crippen LogP contribution in [0.5, 0.6) is 0 Å². The van der Waals surface area contributed by atoms with Crippen LogP contribution in [0.25, 0.3) is 17.0 Å².